The second-order valence-electron chi connectivity index (χ2n) is 5.15. The van der Waals surface area contributed by atoms with Crippen LogP contribution in [0.4, 0.5) is 11.4 Å². The molecule has 3 heteroatoms. The summed E-state index contributed by atoms with van der Waals surface area (Å²) in [6.07, 6.45) is 0. The van der Waals surface area contributed by atoms with Gasteiger partial charge in [-0.05, 0) is 24.3 Å². The topological polar surface area (TPSA) is 40.7 Å². The Morgan fingerprint density at radius 3 is 2.36 bits per heavy atom. The smallest absolute Gasteiger partial charge is 0.102 e. The van der Waals surface area contributed by atoms with Crippen LogP contribution in [0.25, 0.3) is 22.2 Å². The molecule has 0 saturated heterocycles. The molecule has 0 unspecified atom stereocenters. The zero-order valence-corrected chi connectivity index (χ0v) is 12.0. The van der Waals surface area contributed by atoms with E-state index in [0.29, 0.717) is 0 Å². The Balaban J connectivity index is 1.82. The molecule has 0 radical (unpaired) electrons. The standard InChI is InChI=1S/C19H15N3/c1-2-8-14(9-3-1)20-17-12-6-4-10-15(17)19-16-11-5-7-13-18(16)21-22-19/h1-13,20H,(H,21,22). The highest BCUT2D eigenvalue weighted by atomic mass is 15.1. The Morgan fingerprint density at radius 2 is 1.45 bits per heavy atom. The number of hydrogen-bond acceptors (Lipinski definition) is 2. The molecular weight excluding hydrogens is 270 g/mol. The van der Waals surface area contributed by atoms with Crippen molar-refractivity contribution < 1.29 is 0 Å². The van der Waals surface area contributed by atoms with Crippen LogP contribution in [-0.2, 0) is 0 Å². The fraction of sp³-hybridized carbons (Fsp3) is 0. The summed E-state index contributed by atoms with van der Waals surface area (Å²) in [7, 11) is 0. The maximum atomic E-state index is 4.50. The van der Waals surface area contributed by atoms with E-state index in [4.69, 9.17) is 0 Å². The summed E-state index contributed by atoms with van der Waals surface area (Å²) in [6.45, 7) is 0. The summed E-state index contributed by atoms with van der Waals surface area (Å²) in [6, 6.07) is 26.6. The molecule has 22 heavy (non-hydrogen) atoms. The van der Waals surface area contributed by atoms with Crippen LogP contribution in [0.3, 0.4) is 0 Å². The van der Waals surface area contributed by atoms with Crippen molar-refractivity contribution in [3.05, 3.63) is 78.9 Å². The van der Waals surface area contributed by atoms with E-state index in [0.717, 1.165) is 33.5 Å². The lowest BCUT2D eigenvalue weighted by molar-refractivity contribution is 1.12. The molecule has 106 valence electrons. The summed E-state index contributed by atoms with van der Waals surface area (Å²) >= 11 is 0. The third-order valence-electron chi connectivity index (χ3n) is 3.71. The van der Waals surface area contributed by atoms with Crippen LogP contribution in [0.15, 0.2) is 78.9 Å². The molecule has 0 saturated carbocycles. The van der Waals surface area contributed by atoms with Gasteiger partial charge in [0.05, 0.1) is 5.52 Å². The van der Waals surface area contributed by atoms with Crippen LogP contribution in [-0.4, -0.2) is 10.2 Å². The molecule has 0 atom stereocenters. The van der Waals surface area contributed by atoms with Crippen LogP contribution >= 0.6 is 0 Å². The lowest BCUT2D eigenvalue weighted by Crippen LogP contribution is -1.93. The van der Waals surface area contributed by atoms with Crippen LogP contribution < -0.4 is 5.32 Å². The summed E-state index contributed by atoms with van der Waals surface area (Å²) < 4.78 is 0. The van der Waals surface area contributed by atoms with E-state index >= 15 is 0 Å². The number of rotatable bonds is 3. The normalized spacial score (nSPS) is 10.7. The van der Waals surface area contributed by atoms with Gasteiger partial charge in [0.15, 0.2) is 0 Å². The average molecular weight is 285 g/mol. The summed E-state index contributed by atoms with van der Waals surface area (Å²) in [5, 5.41) is 12.2. The molecule has 0 aliphatic heterocycles. The number of para-hydroxylation sites is 3. The van der Waals surface area contributed by atoms with Crippen molar-refractivity contribution in [2.75, 3.05) is 5.32 Å². The highest BCUT2D eigenvalue weighted by Crippen LogP contribution is 2.33. The minimum Gasteiger partial charge on any atom is -0.355 e. The van der Waals surface area contributed by atoms with E-state index in [2.05, 4.69) is 45.8 Å². The van der Waals surface area contributed by atoms with Crippen LogP contribution in [0.2, 0.25) is 0 Å². The van der Waals surface area contributed by atoms with E-state index in [1.54, 1.807) is 0 Å². The third kappa shape index (κ3) is 2.23. The minimum atomic E-state index is 0.967. The van der Waals surface area contributed by atoms with Gasteiger partial charge < -0.3 is 5.32 Å². The Labute approximate surface area is 128 Å². The Morgan fingerprint density at radius 1 is 0.727 bits per heavy atom. The first-order valence-corrected chi connectivity index (χ1v) is 7.26. The zero-order chi connectivity index (χ0) is 14.8. The largest absolute Gasteiger partial charge is 0.355 e. The van der Waals surface area contributed by atoms with Gasteiger partial charge >= 0.3 is 0 Å². The Hall–Kier alpha value is -3.07. The number of aromatic nitrogens is 2. The monoisotopic (exact) mass is 285 g/mol. The number of benzene rings is 3. The summed E-state index contributed by atoms with van der Waals surface area (Å²) in [5.41, 5.74) is 5.21. The highest BCUT2D eigenvalue weighted by molar-refractivity contribution is 5.96. The minimum absolute atomic E-state index is 0.967. The van der Waals surface area contributed by atoms with E-state index < -0.39 is 0 Å². The van der Waals surface area contributed by atoms with Gasteiger partial charge in [0.2, 0.25) is 0 Å². The molecule has 0 aliphatic rings. The summed E-state index contributed by atoms with van der Waals surface area (Å²) in [5.74, 6) is 0. The van der Waals surface area contributed by atoms with E-state index in [-0.39, 0.29) is 0 Å². The van der Waals surface area contributed by atoms with Crippen LogP contribution in [0.1, 0.15) is 0 Å². The first-order chi connectivity index (χ1) is 10.9. The predicted octanol–water partition coefficient (Wildman–Crippen LogP) is 4.97. The molecule has 1 aromatic heterocycles. The molecule has 3 aromatic carbocycles. The lowest BCUT2D eigenvalue weighted by Gasteiger charge is -2.10. The number of nitrogens with one attached hydrogen (secondary N) is 2. The van der Waals surface area contributed by atoms with Crippen molar-refractivity contribution >= 4 is 22.3 Å². The molecule has 4 aromatic rings. The molecule has 0 spiro atoms. The van der Waals surface area contributed by atoms with Gasteiger partial charge in [0.1, 0.15) is 5.69 Å². The molecule has 0 bridgehead atoms. The summed E-state index contributed by atoms with van der Waals surface area (Å²) in [4.78, 5) is 0. The van der Waals surface area contributed by atoms with Gasteiger partial charge in [-0.3, -0.25) is 5.10 Å². The molecule has 4 rings (SSSR count). The van der Waals surface area contributed by atoms with Gasteiger partial charge in [-0.2, -0.15) is 5.10 Å². The van der Waals surface area contributed by atoms with Crippen LogP contribution in [0, 0.1) is 0 Å². The van der Waals surface area contributed by atoms with Crippen molar-refractivity contribution in [3.8, 4) is 11.3 Å². The molecule has 0 amide bonds. The van der Waals surface area contributed by atoms with Gasteiger partial charge in [-0.15, -0.1) is 0 Å². The van der Waals surface area contributed by atoms with Crippen molar-refractivity contribution in [3.63, 3.8) is 0 Å². The molecule has 2 N–H and O–H groups in total. The van der Waals surface area contributed by atoms with Gasteiger partial charge in [-0.25, -0.2) is 0 Å². The SMILES string of the molecule is c1ccc(Nc2ccccc2-c2n[nH]c3ccccc23)cc1. The quantitative estimate of drug-likeness (QED) is 0.557. The fourth-order valence-electron chi connectivity index (χ4n) is 2.64. The third-order valence-corrected chi connectivity index (χ3v) is 3.71. The number of fused-ring (bicyclic) bond motifs is 1. The van der Waals surface area contributed by atoms with Crippen LogP contribution in [0.5, 0.6) is 0 Å². The first kappa shape index (κ1) is 12.7. The van der Waals surface area contributed by atoms with E-state index in [9.17, 15) is 0 Å². The van der Waals surface area contributed by atoms with Crippen molar-refractivity contribution in [1.29, 1.82) is 0 Å². The van der Waals surface area contributed by atoms with Gasteiger partial charge in [0, 0.05) is 22.3 Å². The van der Waals surface area contributed by atoms with Gasteiger partial charge in [-0.1, -0.05) is 54.6 Å². The molecule has 1 heterocycles. The average Bonchev–Trinajstić information content (AvgIpc) is 3.00. The number of nitrogens with zero attached hydrogens (tertiary/aromatic N) is 1. The zero-order valence-electron chi connectivity index (χ0n) is 12.0. The highest BCUT2D eigenvalue weighted by Gasteiger charge is 2.11. The Bertz CT molecular complexity index is 910. The number of anilines is 2. The van der Waals surface area contributed by atoms with Crippen molar-refractivity contribution in [2.24, 2.45) is 0 Å². The van der Waals surface area contributed by atoms with E-state index in [1.165, 1.54) is 0 Å². The maximum Gasteiger partial charge on any atom is 0.102 e. The first-order valence-electron chi connectivity index (χ1n) is 7.26. The lowest BCUT2D eigenvalue weighted by atomic mass is 10.1. The Kier molecular flexibility index (Phi) is 3.09. The molecule has 0 fully saturated rings. The predicted molar refractivity (Wildman–Crippen MR) is 91.3 cm³/mol. The second kappa shape index (κ2) is 5.37. The fourth-order valence-corrected chi connectivity index (χ4v) is 2.64. The number of aromatic amines is 1. The molecule has 3 nitrogen and oxygen atoms in total. The van der Waals surface area contributed by atoms with Crippen molar-refractivity contribution in [2.45, 2.75) is 0 Å². The number of H-pyrrole nitrogens is 1. The van der Waals surface area contributed by atoms with Gasteiger partial charge in [0.25, 0.3) is 0 Å². The molecule has 0 aliphatic carbocycles. The van der Waals surface area contributed by atoms with E-state index in [1.807, 2.05) is 48.5 Å². The van der Waals surface area contributed by atoms with Crippen molar-refractivity contribution in [1.82, 2.24) is 10.2 Å². The molecular formula is C19H15N3. The second-order valence-corrected chi connectivity index (χ2v) is 5.15. The number of hydrogen-bond donors (Lipinski definition) is 2. The maximum absolute atomic E-state index is 4.50.